The maximum atomic E-state index is 14.1. The molecule has 0 fully saturated rings. The zero-order chi connectivity index (χ0) is 21.0. The second-order valence-corrected chi connectivity index (χ2v) is 7.79. The highest BCUT2D eigenvalue weighted by Gasteiger charge is 2.21. The number of anilines is 2. The summed E-state index contributed by atoms with van der Waals surface area (Å²) in [5.74, 6) is -1.39. The Morgan fingerprint density at radius 3 is 2.66 bits per heavy atom. The summed E-state index contributed by atoms with van der Waals surface area (Å²) in [7, 11) is 0. The molecule has 3 aromatic rings. The molecule has 0 spiro atoms. The fraction of sp³-hybridized carbons (Fsp3) is 0.263. The molecule has 0 unspecified atom stereocenters. The van der Waals surface area contributed by atoms with E-state index in [1.807, 2.05) is 0 Å². The minimum absolute atomic E-state index is 0.0588. The summed E-state index contributed by atoms with van der Waals surface area (Å²) in [6.45, 7) is 3.30. The number of para-hydroxylation sites is 1. The molecule has 0 aliphatic rings. The summed E-state index contributed by atoms with van der Waals surface area (Å²) < 4.78 is 20.8. The summed E-state index contributed by atoms with van der Waals surface area (Å²) in [4.78, 5) is 41.0. The normalized spacial score (nSPS) is 10.7. The lowest BCUT2D eigenvalue weighted by molar-refractivity contribution is -0.145. The van der Waals surface area contributed by atoms with Crippen LogP contribution in [0.2, 0.25) is 0 Å². The second-order valence-electron chi connectivity index (χ2n) is 6.13. The first kappa shape index (κ1) is 20.9. The first-order valence-corrected chi connectivity index (χ1v) is 10.4. The number of aromatic nitrogens is 2. The van der Waals surface area contributed by atoms with Gasteiger partial charge in [0.1, 0.15) is 12.4 Å². The van der Waals surface area contributed by atoms with Crippen LogP contribution in [0.25, 0.3) is 0 Å². The lowest BCUT2D eigenvalue weighted by Gasteiger charge is -2.18. The van der Waals surface area contributed by atoms with Crippen molar-refractivity contribution in [3.8, 4) is 0 Å². The van der Waals surface area contributed by atoms with E-state index in [4.69, 9.17) is 4.74 Å². The maximum Gasteiger partial charge on any atom is 0.307 e. The summed E-state index contributed by atoms with van der Waals surface area (Å²) >= 11 is 2.24. The van der Waals surface area contributed by atoms with Gasteiger partial charge in [0, 0.05) is 29.9 Å². The molecule has 10 heteroatoms. The number of esters is 1. The van der Waals surface area contributed by atoms with E-state index in [9.17, 15) is 18.8 Å². The highest BCUT2D eigenvalue weighted by Crippen LogP contribution is 2.30. The third-order valence-electron chi connectivity index (χ3n) is 4.04. The first-order valence-electron chi connectivity index (χ1n) is 8.67. The predicted molar refractivity (Wildman–Crippen MR) is 109 cm³/mol. The van der Waals surface area contributed by atoms with Gasteiger partial charge in [0.05, 0.1) is 17.8 Å². The van der Waals surface area contributed by atoms with Gasteiger partial charge in [-0.1, -0.05) is 23.5 Å². The van der Waals surface area contributed by atoms with Gasteiger partial charge >= 0.3 is 10.8 Å². The fourth-order valence-electron chi connectivity index (χ4n) is 2.61. The maximum absolute atomic E-state index is 14.1. The van der Waals surface area contributed by atoms with Crippen molar-refractivity contribution in [2.75, 3.05) is 4.90 Å². The van der Waals surface area contributed by atoms with Crippen molar-refractivity contribution in [1.82, 2.24) is 9.55 Å². The average molecular weight is 436 g/mol. The number of thiazole rings is 2. The molecule has 0 radical (unpaired) electrons. The average Bonchev–Trinajstić information content (AvgIpc) is 3.27. The van der Waals surface area contributed by atoms with Gasteiger partial charge in [-0.05, 0) is 19.1 Å². The summed E-state index contributed by atoms with van der Waals surface area (Å²) in [5, 5.41) is 3.67. The SMILES string of the molecule is CC(=O)N(c1nc(COC(=O)CCn2c(C)csc2=O)cs1)c1ccccc1F. The monoisotopic (exact) mass is 435 g/mol. The van der Waals surface area contributed by atoms with E-state index < -0.39 is 11.8 Å². The molecule has 2 heterocycles. The quantitative estimate of drug-likeness (QED) is 0.530. The molecule has 7 nitrogen and oxygen atoms in total. The molecule has 1 aromatic carbocycles. The van der Waals surface area contributed by atoms with E-state index >= 15 is 0 Å². The van der Waals surface area contributed by atoms with Gasteiger partial charge < -0.3 is 9.30 Å². The lowest BCUT2D eigenvalue weighted by atomic mass is 10.3. The molecule has 1 amide bonds. The van der Waals surface area contributed by atoms with Crippen LogP contribution in [0.4, 0.5) is 15.2 Å². The van der Waals surface area contributed by atoms with Crippen molar-refractivity contribution in [1.29, 1.82) is 0 Å². The summed E-state index contributed by atoms with van der Waals surface area (Å²) in [6, 6.07) is 5.93. The number of hydrogen-bond acceptors (Lipinski definition) is 7. The second kappa shape index (κ2) is 9.10. The summed E-state index contributed by atoms with van der Waals surface area (Å²) in [6.07, 6.45) is 0.0588. The Hall–Kier alpha value is -2.85. The molecule has 152 valence electrons. The fourth-order valence-corrected chi connectivity index (χ4v) is 4.24. The van der Waals surface area contributed by atoms with Crippen LogP contribution >= 0.6 is 22.7 Å². The van der Waals surface area contributed by atoms with Crippen LogP contribution < -0.4 is 9.77 Å². The van der Waals surface area contributed by atoms with E-state index in [0.29, 0.717) is 5.69 Å². The molecule has 0 atom stereocenters. The molecule has 0 bridgehead atoms. The number of carbonyl (C=O) groups is 2. The van der Waals surface area contributed by atoms with E-state index in [2.05, 4.69) is 4.98 Å². The Morgan fingerprint density at radius 1 is 1.24 bits per heavy atom. The van der Waals surface area contributed by atoms with Gasteiger partial charge in [0.2, 0.25) is 5.91 Å². The number of hydrogen-bond donors (Lipinski definition) is 0. The number of halogens is 1. The number of amides is 1. The van der Waals surface area contributed by atoms with Crippen molar-refractivity contribution in [2.24, 2.45) is 0 Å². The van der Waals surface area contributed by atoms with Crippen LogP contribution in [0.3, 0.4) is 0 Å². The van der Waals surface area contributed by atoms with E-state index in [1.165, 1.54) is 34.6 Å². The van der Waals surface area contributed by atoms with Crippen LogP contribution in [0, 0.1) is 12.7 Å². The molecule has 0 aliphatic heterocycles. The van der Waals surface area contributed by atoms with Gasteiger partial charge in [-0.2, -0.15) is 0 Å². The number of aryl methyl sites for hydroxylation is 1. The number of benzene rings is 1. The van der Waals surface area contributed by atoms with Gasteiger partial charge in [0.15, 0.2) is 5.13 Å². The first-order chi connectivity index (χ1) is 13.9. The molecule has 0 N–H and O–H groups in total. The molecule has 0 saturated carbocycles. The standard InChI is InChI=1S/C19H18FN3O4S2/c1-12-10-29-19(26)22(12)8-7-17(25)27-9-14-11-28-18(21-14)23(13(2)24)16-6-4-3-5-15(16)20/h3-6,10-11H,7-9H2,1-2H3. The Balaban J connectivity index is 1.62. The number of rotatable bonds is 7. The Labute approximate surface area is 174 Å². The van der Waals surface area contributed by atoms with Gasteiger partial charge in [-0.25, -0.2) is 9.37 Å². The van der Waals surface area contributed by atoms with Gasteiger partial charge in [-0.3, -0.25) is 19.3 Å². The van der Waals surface area contributed by atoms with Crippen LogP contribution in [0.15, 0.2) is 39.8 Å². The molecule has 0 saturated heterocycles. The topological polar surface area (TPSA) is 81.5 Å². The Bertz CT molecular complexity index is 1090. The van der Waals surface area contributed by atoms with Crippen LogP contribution in [-0.4, -0.2) is 21.4 Å². The van der Waals surface area contributed by atoms with Gasteiger partial charge in [0.25, 0.3) is 0 Å². The number of carbonyl (C=O) groups excluding carboxylic acids is 2. The minimum atomic E-state index is -0.537. The van der Waals surface area contributed by atoms with Crippen molar-refractivity contribution < 1.29 is 18.7 Å². The largest absolute Gasteiger partial charge is 0.459 e. The molecule has 0 aliphatic carbocycles. The highest BCUT2D eigenvalue weighted by atomic mass is 32.1. The molecule has 3 rings (SSSR count). The molecular formula is C19H18FN3O4S2. The van der Waals surface area contributed by atoms with Crippen LogP contribution in [-0.2, 0) is 27.5 Å². The third-order valence-corrected chi connectivity index (χ3v) is 5.79. The van der Waals surface area contributed by atoms with Crippen molar-refractivity contribution in [2.45, 2.75) is 33.4 Å². The van der Waals surface area contributed by atoms with Gasteiger partial charge in [-0.15, -0.1) is 11.3 Å². The third kappa shape index (κ3) is 4.96. The van der Waals surface area contributed by atoms with E-state index in [1.54, 1.807) is 23.8 Å². The zero-order valence-electron chi connectivity index (χ0n) is 15.8. The molecule has 2 aromatic heterocycles. The van der Waals surface area contributed by atoms with E-state index in [0.717, 1.165) is 28.4 Å². The van der Waals surface area contributed by atoms with Crippen molar-refractivity contribution in [3.05, 3.63) is 61.9 Å². The van der Waals surface area contributed by atoms with E-state index in [-0.39, 0.29) is 41.2 Å². The lowest BCUT2D eigenvalue weighted by Crippen LogP contribution is -2.23. The predicted octanol–water partition coefficient (Wildman–Crippen LogP) is 3.63. The molecular weight excluding hydrogens is 417 g/mol. The van der Waals surface area contributed by atoms with Crippen LogP contribution in [0.1, 0.15) is 24.7 Å². The highest BCUT2D eigenvalue weighted by molar-refractivity contribution is 7.14. The number of ether oxygens (including phenoxy) is 1. The number of nitrogens with zero attached hydrogens (tertiary/aromatic N) is 3. The smallest absolute Gasteiger partial charge is 0.307 e. The van der Waals surface area contributed by atoms with Crippen LogP contribution in [0.5, 0.6) is 0 Å². The zero-order valence-corrected chi connectivity index (χ0v) is 17.4. The minimum Gasteiger partial charge on any atom is -0.459 e. The van der Waals surface area contributed by atoms with Crippen molar-refractivity contribution >= 4 is 45.4 Å². The summed E-state index contributed by atoms with van der Waals surface area (Å²) in [5.41, 5.74) is 1.36. The molecule has 29 heavy (non-hydrogen) atoms. The van der Waals surface area contributed by atoms with Crippen molar-refractivity contribution in [3.63, 3.8) is 0 Å². The Morgan fingerprint density at radius 2 is 2.00 bits per heavy atom. The Kier molecular flexibility index (Phi) is 6.55.